The van der Waals surface area contributed by atoms with E-state index in [1.807, 2.05) is 30.3 Å². The molecule has 156 valence electrons. The smallest absolute Gasteiger partial charge is 0.328 e. The molecule has 0 aliphatic heterocycles. The average Bonchev–Trinajstić information content (AvgIpc) is 2.77. The number of ether oxygens (including phenoxy) is 2. The van der Waals surface area contributed by atoms with Gasteiger partial charge in [0, 0.05) is 4.47 Å². The number of hydrogen-bond acceptors (Lipinski definition) is 5. The number of carbonyl (C=O) groups is 1. The fourth-order valence-corrected chi connectivity index (χ4v) is 4.14. The zero-order valence-corrected chi connectivity index (χ0v) is 18.5. The second kappa shape index (κ2) is 9.88. The molecule has 0 aromatic heterocycles. The number of halogens is 1. The fourth-order valence-electron chi connectivity index (χ4n) is 2.70. The Bertz CT molecular complexity index is 1080. The number of esters is 1. The molecule has 0 aliphatic carbocycles. The highest BCUT2D eigenvalue weighted by Crippen LogP contribution is 2.23. The van der Waals surface area contributed by atoms with Crippen LogP contribution in [-0.4, -0.2) is 21.5 Å². The van der Waals surface area contributed by atoms with Gasteiger partial charge in [-0.1, -0.05) is 58.4 Å². The van der Waals surface area contributed by atoms with E-state index in [9.17, 15) is 13.2 Å². The van der Waals surface area contributed by atoms with Crippen molar-refractivity contribution < 1.29 is 22.7 Å². The maximum atomic E-state index is 12.7. The van der Waals surface area contributed by atoms with E-state index in [2.05, 4.69) is 20.7 Å². The summed E-state index contributed by atoms with van der Waals surface area (Å²) in [5, 5.41) is 0. The van der Waals surface area contributed by atoms with E-state index in [1.54, 1.807) is 36.4 Å². The number of methoxy groups -OCH3 is 1. The Morgan fingerprint density at radius 3 is 2.20 bits per heavy atom. The molecule has 8 heteroatoms. The first-order valence-corrected chi connectivity index (χ1v) is 11.3. The molecule has 1 N–H and O–H groups in total. The topological polar surface area (TPSA) is 81.7 Å². The summed E-state index contributed by atoms with van der Waals surface area (Å²) in [5.41, 5.74) is 1.46. The number of rotatable bonds is 8. The van der Waals surface area contributed by atoms with Gasteiger partial charge in [0.1, 0.15) is 18.4 Å². The summed E-state index contributed by atoms with van der Waals surface area (Å²) in [6, 6.07) is 21.3. The van der Waals surface area contributed by atoms with Crippen molar-refractivity contribution in [3.63, 3.8) is 0 Å². The number of hydrogen-bond donors (Lipinski definition) is 1. The van der Waals surface area contributed by atoms with Gasteiger partial charge in [0.2, 0.25) is 10.0 Å². The summed E-state index contributed by atoms with van der Waals surface area (Å²) in [6.07, 6.45) is 0. The molecule has 0 saturated carbocycles. The molecule has 0 bridgehead atoms. The highest BCUT2D eigenvalue weighted by Gasteiger charge is 2.28. The molecule has 0 heterocycles. The molecule has 0 aliphatic rings. The lowest BCUT2D eigenvalue weighted by Gasteiger charge is -2.17. The van der Waals surface area contributed by atoms with Crippen LogP contribution in [0.1, 0.15) is 17.2 Å². The summed E-state index contributed by atoms with van der Waals surface area (Å²) >= 11 is 3.27. The van der Waals surface area contributed by atoms with Crippen molar-refractivity contribution in [2.45, 2.75) is 17.5 Å². The minimum atomic E-state index is -3.94. The summed E-state index contributed by atoms with van der Waals surface area (Å²) < 4.78 is 39.1. The highest BCUT2D eigenvalue weighted by atomic mass is 79.9. The summed E-state index contributed by atoms with van der Waals surface area (Å²) in [4.78, 5) is 12.3. The molecular weight excluding hydrogens is 470 g/mol. The predicted octanol–water partition coefficient (Wildman–Crippen LogP) is 4.22. The van der Waals surface area contributed by atoms with Crippen molar-refractivity contribution in [2.24, 2.45) is 0 Å². The van der Waals surface area contributed by atoms with Crippen molar-refractivity contribution in [1.82, 2.24) is 4.72 Å². The van der Waals surface area contributed by atoms with Crippen molar-refractivity contribution in [3.05, 3.63) is 94.5 Å². The zero-order valence-electron chi connectivity index (χ0n) is 16.1. The molecule has 0 amide bonds. The Kier molecular flexibility index (Phi) is 7.25. The van der Waals surface area contributed by atoms with Gasteiger partial charge in [0.25, 0.3) is 0 Å². The van der Waals surface area contributed by atoms with Crippen molar-refractivity contribution in [1.29, 1.82) is 0 Å². The molecule has 0 spiro atoms. The normalized spacial score (nSPS) is 12.2. The Hall–Kier alpha value is -2.68. The fraction of sp³-hybridized carbons (Fsp3) is 0.136. The quantitative estimate of drug-likeness (QED) is 0.479. The van der Waals surface area contributed by atoms with E-state index in [0.717, 1.165) is 10.0 Å². The molecule has 0 saturated heterocycles. The van der Waals surface area contributed by atoms with E-state index in [0.29, 0.717) is 17.9 Å². The van der Waals surface area contributed by atoms with E-state index in [-0.39, 0.29) is 4.90 Å². The second-order valence-electron chi connectivity index (χ2n) is 6.37. The third kappa shape index (κ3) is 5.69. The maximum Gasteiger partial charge on any atom is 0.328 e. The van der Waals surface area contributed by atoms with Crippen molar-refractivity contribution >= 4 is 31.9 Å². The van der Waals surface area contributed by atoms with Crippen LogP contribution in [0.25, 0.3) is 0 Å². The van der Waals surface area contributed by atoms with Gasteiger partial charge in [0.05, 0.1) is 12.0 Å². The minimum absolute atomic E-state index is 0.0439. The van der Waals surface area contributed by atoms with Gasteiger partial charge in [-0.2, -0.15) is 4.72 Å². The number of sulfonamides is 1. The van der Waals surface area contributed by atoms with Crippen molar-refractivity contribution in [3.8, 4) is 5.75 Å². The first-order valence-electron chi connectivity index (χ1n) is 9.01. The lowest BCUT2D eigenvalue weighted by Crippen LogP contribution is -2.34. The minimum Gasteiger partial charge on any atom is -0.489 e. The molecule has 0 radical (unpaired) electrons. The van der Waals surface area contributed by atoms with E-state index >= 15 is 0 Å². The van der Waals surface area contributed by atoms with Crippen LogP contribution in [0.5, 0.6) is 5.75 Å². The van der Waals surface area contributed by atoms with Gasteiger partial charge in [-0.05, 0) is 47.5 Å². The van der Waals surface area contributed by atoms with Crippen LogP contribution in [0.4, 0.5) is 0 Å². The summed E-state index contributed by atoms with van der Waals surface area (Å²) in [6.45, 7) is 0.400. The SMILES string of the molecule is COC(=O)C(NS(=O)(=O)c1ccc(Br)cc1)c1ccc(OCc2ccccc2)cc1. The Labute approximate surface area is 184 Å². The summed E-state index contributed by atoms with van der Waals surface area (Å²) in [7, 11) is -2.73. The van der Waals surface area contributed by atoms with Gasteiger partial charge in [0.15, 0.2) is 0 Å². The van der Waals surface area contributed by atoms with Crippen LogP contribution in [0.3, 0.4) is 0 Å². The molecule has 3 aromatic rings. The maximum absolute atomic E-state index is 12.7. The van der Waals surface area contributed by atoms with Crippen LogP contribution >= 0.6 is 15.9 Å². The predicted molar refractivity (Wildman–Crippen MR) is 116 cm³/mol. The summed E-state index contributed by atoms with van der Waals surface area (Å²) in [5.74, 6) is -0.115. The van der Waals surface area contributed by atoms with Gasteiger partial charge < -0.3 is 9.47 Å². The van der Waals surface area contributed by atoms with Gasteiger partial charge in [-0.25, -0.2) is 13.2 Å². The van der Waals surface area contributed by atoms with Gasteiger partial charge in [-0.3, -0.25) is 0 Å². The molecule has 1 atom stereocenters. The van der Waals surface area contributed by atoms with Gasteiger partial charge in [-0.15, -0.1) is 0 Å². The van der Waals surface area contributed by atoms with E-state index in [1.165, 1.54) is 19.2 Å². The lowest BCUT2D eigenvalue weighted by atomic mass is 10.1. The first kappa shape index (κ1) is 22.0. The zero-order chi connectivity index (χ0) is 21.6. The van der Waals surface area contributed by atoms with Gasteiger partial charge >= 0.3 is 5.97 Å². The second-order valence-corrected chi connectivity index (χ2v) is 9.00. The van der Waals surface area contributed by atoms with Crippen LogP contribution in [0.2, 0.25) is 0 Å². The molecule has 30 heavy (non-hydrogen) atoms. The molecule has 6 nitrogen and oxygen atoms in total. The van der Waals surface area contributed by atoms with Crippen LogP contribution in [0, 0.1) is 0 Å². The number of nitrogens with one attached hydrogen (secondary N) is 1. The third-order valence-electron chi connectivity index (χ3n) is 4.30. The Balaban J connectivity index is 1.76. The highest BCUT2D eigenvalue weighted by molar-refractivity contribution is 9.10. The monoisotopic (exact) mass is 489 g/mol. The Morgan fingerprint density at radius 2 is 1.60 bits per heavy atom. The van der Waals surface area contributed by atoms with E-state index < -0.39 is 22.0 Å². The average molecular weight is 490 g/mol. The largest absolute Gasteiger partial charge is 0.489 e. The van der Waals surface area contributed by atoms with Crippen LogP contribution < -0.4 is 9.46 Å². The molecular formula is C22H20BrNO5S. The van der Waals surface area contributed by atoms with Crippen LogP contribution in [-0.2, 0) is 26.2 Å². The molecule has 3 aromatic carbocycles. The molecule has 3 rings (SSSR count). The van der Waals surface area contributed by atoms with Crippen LogP contribution in [0.15, 0.2) is 88.2 Å². The van der Waals surface area contributed by atoms with Crippen molar-refractivity contribution in [2.75, 3.05) is 7.11 Å². The molecule has 1 unspecified atom stereocenters. The molecule has 0 fully saturated rings. The van der Waals surface area contributed by atoms with E-state index in [4.69, 9.17) is 9.47 Å². The number of carbonyl (C=O) groups excluding carboxylic acids is 1. The third-order valence-corrected chi connectivity index (χ3v) is 6.26. The Morgan fingerprint density at radius 1 is 0.967 bits per heavy atom. The number of benzene rings is 3. The standard InChI is InChI=1S/C22H20BrNO5S/c1-28-22(25)21(24-30(26,27)20-13-9-18(23)10-14-20)17-7-11-19(12-8-17)29-15-16-5-3-2-4-6-16/h2-14,21,24H,15H2,1H3. The first-order chi connectivity index (χ1) is 14.4. The lowest BCUT2D eigenvalue weighted by molar-refractivity contribution is -0.142.